The maximum absolute atomic E-state index is 12.4. The van der Waals surface area contributed by atoms with Crippen LogP contribution in [0.4, 0.5) is 5.82 Å². The maximum atomic E-state index is 12.4. The van der Waals surface area contributed by atoms with Crippen LogP contribution in [-0.2, 0) is 6.54 Å². The molecule has 2 heterocycles. The average molecular weight is 324 g/mol. The molecule has 2 aromatic rings. The molecule has 1 saturated heterocycles. The number of aromatic nitrogens is 2. The average Bonchev–Trinajstić information content (AvgIpc) is 3.14. The Morgan fingerprint density at radius 1 is 1.12 bits per heavy atom. The molecule has 0 aliphatic carbocycles. The van der Waals surface area contributed by atoms with Gasteiger partial charge < -0.3 is 9.80 Å². The molecule has 1 aliphatic rings. The SMILES string of the molecule is CC(C)N(Cc1ccccc1)c1cnc(C(=O)N2CCCC2)cn1. The number of amides is 1. The molecule has 5 nitrogen and oxygen atoms in total. The maximum Gasteiger partial charge on any atom is 0.274 e. The number of hydrogen-bond acceptors (Lipinski definition) is 4. The van der Waals surface area contributed by atoms with Gasteiger partial charge in [-0.1, -0.05) is 30.3 Å². The molecule has 1 aromatic carbocycles. The Hall–Kier alpha value is -2.43. The van der Waals surface area contributed by atoms with Crippen LogP contribution in [0.1, 0.15) is 42.7 Å². The molecule has 5 heteroatoms. The zero-order valence-electron chi connectivity index (χ0n) is 14.4. The first kappa shape index (κ1) is 16.4. The molecule has 1 amide bonds. The van der Waals surface area contributed by atoms with E-state index in [2.05, 4.69) is 40.8 Å². The van der Waals surface area contributed by atoms with Gasteiger partial charge in [0, 0.05) is 25.7 Å². The fourth-order valence-electron chi connectivity index (χ4n) is 2.97. The minimum absolute atomic E-state index is 0.00861. The molecule has 0 spiro atoms. The van der Waals surface area contributed by atoms with E-state index < -0.39 is 0 Å². The van der Waals surface area contributed by atoms with Crippen molar-refractivity contribution in [3.63, 3.8) is 0 Å². The first-order valence-electron chi connectivity index (χ1n) is 8.57. The Morgan fingerprint density at radius 3 is 2.42 bits per heavy atom. The van der Waals surface area contributed by atoms with Gasteiger partial charge in [-0.3, -0.25) is 4.79 Å². The predicted molar refractivity (Wildman–Crippen MR) is 94.9 cm³/mol. The van der Waals surface area contributed by atoms with Gasteiger partial charge in [0.25, 0.3) is 5.91 Å². The van der Waals surface area contributed by atoms with Crippen molar-refractivity contribution in [2.45, 2.75) is 39.3 Å². The quantitative estimate of drug-likeness (QED) is 0.848. The normalized spacial score (nSPS) is 14.2. The number of anilines is 1. The Balaban J connectivity index is 1.75. The van der Waals surface area contributed by atoms with Gasteiger partial charge >= 0.3 is 0 Å². The van der Waals surface area contributed by atoms with Gasteiger partial charge in [-0.25, -0.2) is 9.97 Å². The van der Waals surface area contributed by atoms with Gasteiger partial charge in [0.2, 0.25) is 0 Å². The topological polar surface area (TPSA) is 49.3 Å². The lowest BCUT2D eigenvalue weighted by Gasteiger charge is -2.27. The van der Waals surface area contributed by atoms with Gasteiger partial charge in [0.15, 0.2) is 0 Å². The van der Waals surface area contributed by atoms with E-state index in [0.29, 0.717) is 11.7 Å². The number of hydrogen-bond donors (Lipinski definition) is 0. The third-order valence-electron chi connectivity index (χ3n) is 4.36. The molecule has 0 radical (unpaired) electrons. The lowest BCUT2D eigenvalue weighted by Crippen LogP contribution is -2.32. The number of benzene rings is 1. The molecule has 0 atom stereocenters. The van der Waals surface area contributed by atoms with Crippen LogP contribution in [0.15, 0.2) is 42.7 Å². The van der Waals surface area contributed by atoms with Crippen LogP contribution in [0.3, 0.4) is 0 Å². The molecule has 126 valence electrons. The predicted octanol–water partition coefficient (Wildman–Crippen LogP) is 3.13. The largest absolute Gasteiger partial charge is 0.349 e. The second-order valence-corrected chi connectivity index (χ2v) is 6.47. The van der Waals surface area contributed by atoms with Crippen LogP contribution in [0.5, 0.6) is 0 Å². The van der Waals surface area contributed by atoms with Gasteiger partial charge in [0.05, 0.1) is 12.4 Å². The van der Waals surface area contributed by atoms with Crippen molar-refractivity contribution in [3.05, 3.63) is 54.0 Å². The van der Waals surface area contributed by atoms with Crippen molar-refractivity contribution in [1.82, 2.24) is 14.9 Å². The number of carbonyl (C=O) groups excluding carboxylic acids is 1. The van der Waals surface area contributed by atoms with E-state index in [0.717, 1.165) is 38.3 Å². The van der Waals surface area contributed by atoms with Crippen LogP contribution >= 0.6 is 0 Å². The Labute approximate surface area is 143 Å². The molecule has 1 fully saturated rings. The van der Waals surface area contributed by atoms with Gasteiger partial charge in [-0.05, 0) is 32.3 Å². The molecule has 1 aromatic heterocycles. The van der Waals surface area contributed by atoms with Gasteiger partial charge in [-0.15, -0.1) is 0 Å². The summed E-state index contributed by atoms with van der Waals surface area (Å²) in [7, 11) is 0. The zero-order chi connectivity index (χ0) is 16.9. The molecule has 0 unspecified atom stereocenters. The molecule has 1 aliphatic heterocycles. The van der Waals surface area contributed by atoms with E-state index in [4.69, 9.17) is 0 Å². The molecule has 0 bridgehead atoms. The van der Waals surface area contributed by atoms with E-state index in [9.17, 15) is 4.79 Å². The summed E-state index contributed by atoms with van der Waals surface area (Å²) in [6.07, 6.45) is 5.48. The fourth-order valence-corrected chi connectivity index (χ4v) is 2.97. The summed E-state index contributed by atoms with van der Waals surface area (Å²) in [5.41, 5.74) is 1.66. The van der Waals surface area contributed by atoms with Crippen LogP contribution in [0, 0.1) is 0 Å². The standard InChI is InChI=1S/C19H24N4O/c1-15(2)23(14-16-8-4-3-5-9-16)18-13-20-17(12-21-18)19(24)22-10-6-7-11-22/h3-5,8-9,12-13,15H,6-7,10-11,14H2,1-2H3. The smallest absolute Gasteiger partial charge is 0.274 e. The highest BCUT2D eigenvalue weighted by Crippen LogP contribution is 2.18. The highest BCUT2D eigenvalue weighted by atomic mass is 16.2. The van der Waals surface area contributed by atoms with Crippen LogP contribution in [-0.4, -0.2) is 39.9 Å². The first-order chi connectivity index (χ1) is 11.6. The summed E-state index contributed by atoms with van der Waals surface area (Å²) in [6, 6.07) is 10.6. The highest BCUT2D eigenvalue weighted by Gasteiger charge is 2.21. The van der Waals surface area contributed by atoms with Gasteiger partial charge in [0.1, 0.15) is 11.5 Å². The number of rotatable bonds is 5. The molecule has 0 N–H and O–H groups in total. The fraction of sp³-hybridized carbons (Fsp3) is 0.421. The summed E-state index contributed by atoms with van der Waals surface area (Å²) in [5, 5.41) is 0. The minimum Gasteiger partial charge on any atom is -0.349 e. The summed E-state index contributed by atoms with van der Waals surface area (Å²) in [4.78, 5) is 25.3. The minimum atomic E-state index is -0.00861. The Morgan fingerprint density at radius 2 is 1.83 bits per heavy atom. The second kappa shape index (κ2) is 7.43. The number of nitrogens with zero attached hydrogens (tertiary/aromatic N) is 4. The van der Waals surface area contributed by atoms with Crippen LogP contribution < -0.4 is 4.90 Å². The third-order valence-corrected chi connectivity index (χ3v) is 4.36. The van der Waals surface area contributed by atoms with Crippen LogP contribution in [0.25, 0.3) is 0 Å². The summed E-state index contributed by atoms with van der Waals surface area (Å²) in [6.45, 7) is 6.69. The van der Waals surface area contributed by atoms with Crippen molar-refractivity contribution in [3.8, 4) is 0 Å². The first-order valence-corrected chi connectivity index (χ1v) is 8.57. The zero-order valence-corrected chi connectivity index (χ0v) is 14.4. The van der Waals surface area contributed by atoms with Crippen molar-refractivity contribution in [1.29, 1.82) is 0 Å². The van der Waals surface area contributed by atoms with Crippen LogP contribution in [0.2, 0.25) is 0 Å². The highest BCUT2D eigenvalue weighted by molar-refractivity contribution is 5.92. The summed E-state index contributed by atoms with van der Waals surface area (Å²) < 4.78 is 0. The molecular weight excluding hydrogens is 300 g/mol. The number of carbonyl (C=O) groups is 1. The van der Waals surface area contributed by atoms with Gasteiger partial charge in [-0.2, -0.15) is 0 Å². The number of likely N-dealkylation sites (tertiary alicyclic amines) is 1. The third kappa shape index (κ3) is 3.72. The van der Waals surface area contributed by atoms with Crippen molar-refractivity contribution in [2.75, 3.05) is 18.0 Å². The van der Waals surface area contributed by atoms with E-state index in [-0.39, 0.29) is 5.91 Å². The Kier molecular flexibility index (Phi) is 5.08. The monoisotopic (exact) mass is 324 g/mol. The van der Waals surface area contributed by atoms with E-state index >= 15 is 0 Å². The van der Waals surface area contributed by atoms with Crippen molar-refractivity contribution < 1.29 is 4.79 Å². The van der Waals surface area contributed by atoms with Crippen molar-refractivity contribution in [2.24, 2.45) is 0 Å². The lowest BCUT2D eigenvalue weighted by atomic mass is 10.2. The van der Waals surface area contributed by atoms with E-state index in [1.54, 1.807) is 12.4 Å². The summed E-state index contributed by atoms with van der Waals surface area (Å²) >= 11 is 0. The molecular formula is C19H24N4O. The Bertz CT molecular complexity index is 664. The lowest BCUT2D eigenvalue weighted by molar-refractivity contribution is 0.0786. The van der Waals surface area contributed by atoms with Crippen molar-refractivity contribution >= 4 is 11.7 Å². The molecule has 0 saturated carbocycles. The summed E-state index contributed by atoms with van der Waals surface area (Å²) in [5.74, 6) is 0.789. The molecule has 24 heavy (non-hydrogen) atoms. The second-order valence-electron chi connectivity index (χ2n) is 6.47. The molecule has 3 rings (SSSR count). The van der Waals surface area contributed by atoms with E-state index in [1.807, 2.05) is 23.1 Å². The van der Waals surface area contributed by atoms with E-state index in [1.165, 1.54) is 5.56 Å².